The van der Waals surface area contributed by atoms with Crippen LogP contribution in [0.15, 0.2) is 48.5 Å². The molecule has 0 radical (unpaired) electrons. The van der Waals surface area contributed by atoms with Gasteiger partial charge in [0.15, 0.2) is 6.10 Å². The lowest BCUT2D eigenvalue weighted by atomic mass is 10.0. The van der Waals surface area contributed by atoms with Crippen LogP contribution in [0.4, 0.5) is 5.69 Å². The van der Waals surface area contributed by atoms with Crippen LogP contribution < -0.4 is 5.73 Å². The van der Waals surface area contributed by atoms with Gasteiger partial charge in [-0.2, -0.15) is 0 Å². The van der Waals surface area contributed by atoms with Crippen LogP contribution in [0.2, 0.25) is 0 Å². The molecule has 2 aromatic rings. The van der Waals surface area contributed by atoms with E-state index >= 15 is 0 Å². The van der Waals surface area contributed by atoms with E-state index in [0.29, 0.717) is 11.3 Å². The molecule has 0 amide bonds. The Morgan fingerprint density at radius 2 is 1.60 bits per heavy atom. The zero-order chi connectivity index (χ0) is 14.5. The number of aliphatic hydroxyl groups is 1. The van der Waals surface area contributed by atoms with Crippen LogP contribution >= 0.6 is 0 Å². The SMILES string of the molecule is CCOC(=O)C(O)c1ccc(-c2ccc(N)cc2)cc1. The third kappa shape index (κ3) is 3.16. The molecule has 1 atom stereocenters. The Morgan fingerprint density at radius 1 is 1.10 bits per heavy atom. The molecule has 0 spiro atoms. The van der Waals surface area contributed by atoms with E-state index in [4.69, 9.17) is 10.5 Å². The first-order valence-corrected chi connectivity index (χ1v) is 6.42. The van der Waals surface area contributed by atoms with E-state index in [0.717, 1.165) is 11.1 Å². The van der Waals surface area contributed by atoms with E-state index in [-0.39, 0.29) is 6.61 Å². The quantitative estimate of drug-likeness (QED) is 0.662. The number of anilines is 1. The van der Waals surface area contributed by atoms with Crippen molar-refractivity contribution in [3.8, 4) is 11.1 Å². The minimum atomic E-state index is -1.24. The maximum atomic E-state index is 11.4. The van der Waals surface area contributed by atoms with Crippen LogP contribution in [0.3, 0.4) is 0 Å². The monoisotopic (exact) mass is 271 g/mol. The van der Waals surface area contributed by atoms with E-state index in [9.17, 15) is 9.90 Å². The number of esters is 1. The maximum absolute atomic E-state index is 11.4. The Morgan fingerprint density at radius 3 is 2.10 bits per heavy atom. The second-order valence-corrected chi connectivity index (χ2v) is 4.40. The second kappa shape index (κ2) is 6.21. The van der Waals surface area contributed by atoms with Crippen LogP contribution in [0, 0.1) is 0 Å². The Bertz CT molecular complexity index is 576. The van der Waals surface area contributed by atoms with Gasteiger partial charge in [0.1, 0.15) is 0 Å². The van der Waals surface area contributed by atoms with Crippen LogP contribution in [0.25, 0.3) is 11.1 Å². The van der Waals surface area contributed by atoms with Crippen molar-refractivity contribution in [2.75, 3.05) is 12.3 Å². The van der Waals surface area contributed by atoms with Crippen molar-refractivity contribution >= 4 is 11.7 Å². The molecule has 2 aromatic carbocycles. The highest BCUT2D eigenvalue weighted by atomic mass is 16.5. The van der Waals surface area contributed by atoms with Gasteiger partial charge >= 0.3 is 5.97 Å². The van der Waals surface area contributed by atoms with Crippen molar-refractivity contribution in [1.29, 1.82) is 0 Å². The number of carbonyl (C=O) groups is 1. The molecule has 3 N–H and O–H groups in total. The molecule has 0 aromatic heterocycles. The molecule has 0 aliphatic rings. The molecule has 0 saturated heterocycles. The van der Waals surface area contributed by atoms with Crippen LogP contribution in [-0.4, -0.2) is 17.7 Å². The zero-order valence-electron chi connectivity index (χ0n) is 11.2. The summed E-state index contributed by atoms with van der Waals surface area (Å²) >= 11 is 0. The Labute approximate surface area is 117 Å². The van der Waals surface area contributed by atoms with Crippen molar-refractivity contribution in [1.82, 2.24) is 0 Å². The lowest BCUT2D eigenvalue weighted by molar-refractivity contribution is -0.153. The molecule has 0 aliphatic heterocycles. The minimum Gasteiger partial charge on any atom is -0.464 e. The van der Waals surface area contributed by atoms with Crippen LogP contribution in [0.5, 0.6) is 0 Å². The first-order chi connectivity index (χ1) is 9.61. The average molecular weight is 271 g/mol. The van der Waals surface area contributed by atoms with E-state index in [2.05, 4.69) is 0 Å². The number of hydrogen-bond acceptors (Lipinski definition) is 4. The van der Waals surface area contributed by atoms with E-state index in [1.165, 1.54) is 0 Å². The Kier molecular flexibility index (Phi) is 4.38. The topological polar surface area (TPSA) is 72.5 Å². The van der Waals surface area contributed by atoms with Gasteiger partial charge < -0.3 is 15.6 Å². The fourth-order valence-corrected chi connectivity index (χ4v) is 1.89. The third-order valence-electron chi connectivity index (χ3n) is 2.98. The molecule has 4 heteroatoms. The highest BCUT2D eigenvalue weighted by molar-refractivity contribution is 5.76. The van der Waals surface area contributed by atoms with E-state index in [1.807, 2.05) is 36.4 Å². The van der Waals surface area contributed by atoms with Crippen molar-refractivity contribution in [3.05, 3.63) is 54.1 Å². The number of aliphatic hydroxyl groups excluding tert-OH is 1. The largest absolute Gasteiger partial charge is 0.464 e. The number of nitrogen functional groups attached to an aromatic ring is 1. The lowest BCUT2D eigenvalue weighted by Gasteiger charge is -2.10. The van der Waals surface area contributed by atoms with Gasteiger partial charge in [0.25, 0.3) is 0 Å². The number of ether oxygens (including phenoxy) is 1. The summed E-state index contributed by atoms with van der Waals surface area (Å²) in [6.07, 6.45) is -1.24. The average Bonchev–Trinajstić information content (AvgIpc) is 2.48. The summed E-state index contributed by atoms with van der Waals surface area (Å²) in [5, 5.41) is 9.83. The van der Waals surface area contributed by atoms with Gasteiger partial charge in [-0.25, -0.2) is 4.79 Å². The standard InChI is InChI=1S/C16H17NO3/c1-2-20-16(19)15(18)13-5-3-11(4-6-13)12-7-9-14(17)10-8-12/h3-10,15,18H,2,17H2,1H3. The molecular weight excluding hydrogens is 254 g/mol. The number of nitrogens with two attached hydrogens (primary N) is 1. The number of rotatable bonds is 4. The van der Waals surface area contributed by atoms with E-state index < -0.39 is 12.1 Å². The summed E-state index contributed by atoms with van der Waals surface area (Å²) in [5.41, 5.74) is 8.89. The molecule has 104 valence electrons. The predicted molar refractivity (Wildman–Crippen MR) is 77.9 cm³/mol. The fourth-order valence-electron chi connectivity index (χ4n) is 1.89. The van der Waals surface area contributed by atoms with Gasteiger partial charge in [-0.3, -0.25) is 0 Å². The Balaban J connectivity index is 2.17. The summed E-state index contributed by atoms with van der Waals surface area (Å²) < 4.78 is 4.78. The first kappa shape index (κ1) is 14.1. The molecule has 0 fully saturated rings. The van der Waals surface area contributed by atoms with Crippen molar-refractivity contribution in [2.45, 2.75) is 13.0 Å². The zero-order valence-corrected chi connectivity index (χ0v) is 11.2. The van der Waals surface area contributed by atoms with Gasteiger partial charge in [0, 0.05) is 5.69 Å². The second-order valence-electron chi connectivity index (χ2n) is 4.40. The molecule has 20 heavy (non-hydrogen) atoms. The van der Waals surface area contributed by atoms with Gasteiger partial charge in [0.05, 0.1) is 6.61 Å². The molecule has 1 unspecified atom stereocenters. The first-order valence-electron chi connectivity index (χ1n) is 6.42. The van der Waals surface area contributed by atoms with E-state index in [1.54, 1.807) is 19.1 Å². The van der Waals surface area contributed by atoms with Gasteiger partial charge in [-0.15, -0.1) is 0 Å². The third-order valence-corrected chi connectivity index (χ3v) is 2.98. The van der Waals surface area contributed by atoms with Crippen molar-refractivity contribution in [2.24, 2.45) is 0 Å². The Hall–Kier alpha value is -2.33. The molecule has 2 rings (SSSR count). The minimum absolute atomic E-state index is 0.249. The van der Waals surface area contributed by atoms with Crippen molar-refractivity contribution < 1.29 is 14.6 Å². The molecular formula is C16H17NO3. The van der Waals surface area contributed by atoms with Crippen LogP contribution in [-0.2, 0) is 9.53 Å². The fraction of sp³-hybridized carbons (Fsp3) is 0.188. The lowest BCUT2D eigenvalue weighted by Crippen LogP contribution is -2.15. The smallest absolute Gasteiger partial charge is 0.339 e. The number of benzene rings is 2. The summed E-state index contributed by atoms with van der Waals surface area (Å²) in [7, 11) is 0. The summed E-state index contributed by atoms with van der Waals surface area (Å²) in [6, 6.07) is 14.6. The van der Waals surface area contributed by atoms with Crippen molar-refractivity contribution in [3.63, 3.8) is 0 Å². The number of carbonyl (C=O) groups excluding carboxylic acids is 1. The van der Waals surface area contributed by atoms with Gasteiger partial charge in [-0.1, -0.05) is 36.4 Å². The molecule has 0 bridgehead atoms. The maximum Gasteiger partial charge on any atom is 0.339 e. The highest BCUT2D eigenvalue weighted by Crippen LogP contribution is 2.23. The van der Waals surface area contributed by atoms with Crippen LogP contribution in [0.1, 0.15) is 18.6 Å². The molecule has 0 heterocycles. The van der Waals surface area contributed by atoms with Gasteiger partial charge in [-0.05, 0) is 35.7 Å². The normalized spacial score (nSPS) is 11.9. The van der Waals surface area contributed by atoms with Gasteiger partial charge in [0.2, 0.25) is 0 Å². The predicted octanol–water partition coefficient (Wildman–Crippen LogP) is 2.53. The molecule has 0 saturated carbocycles. The molecule has 4 nitrogen and oxygen atoms in total. The summed E-state index contributed by atoms with van der Waals surface area (Å²) in [6.45, 7) is 1.95. The number of hydrogen-bond donors (Lipinski definition) is 2. The molecule has 0 aliphatic carbocycles. The summed E-state index contributed by atoms with van der Waals surface area (Å²) in [4.78, 5) is 11.4. The summed E-state index contributed by atoms with van der Waals surface area (Å²) in [5.74, 6) is -0.632. The highest BCUT2D eigenvalue weighted by Gasteiger charge is 2.18.